The molecular formula is C59H111NO5. The van der Waals surface area contributed by atoms with Gasteiger partial charge in [-0.3, -0.25) is 4.79 Å². The molecule has 0 aliphatic carbocycles. The van der Waals surface area contributed by atoms with E-state index in [1.54, 1.807) is 0 Å². The Balaban J connectivity index is 3.54. The van der Waals surface area contributed by atoms with Crippen LogP contribution in [0.3, 0.4) is 0 Å². The molecule has 65 heavy (non-hydrogen) atoms. The third-order valence-corrected chi connectivity index (χ3v) is 13.2. The van der Waals surface area contributed by atoms with Crippen LogP contribution in [-0.4, -0.2) is 57.3 Å². The van der Waals surface area contributed by atoms with E-state index in [4.69, 9.17) is 0 Å². The van der Waals surface area contributed by atoms with Gasteiger partial charge in [0.1, 0.15) is 12.2 Å². The first-order valence-electron chi connectivity index (χ1n) is 28.5. The molecule has 382 valence electrons. The number of carbonyl (C=O) groups is 1. The number of hydrogen-bond donors (Lipinski definition) is 5. The van der Waals surface area contributed by atoms with Crippen molar-refractivity contribution in [2.45, 2.75) is 314 Å². The van der Waals surface area contributed by atoms with Crippen LogP contribution in [0.15, 0.2) is 48.6 Å². The van der Waals surface area contributed by atoms with Gasteiger partial charge in [-0.25, -0.2) is 0 Å². The summed E-state index contributed by atoms with van der Waals surface area (Å²) in [7, 11) is 0. The maximum Gasteiger partial charge on any atom is 0.249 e. The van der Waals surface area contributed by atoms with E-state index in [1.165, 1.54) is 199 Å². The first kappa shape index (κ1) is 63.3. The molecular weight excluding hydrogens is 803 g/mol. The Hall–Kier alpha value is -1.73. The molecule has 0 aliphatic rings. The van der Waals surface area contributed by atoms with Gasteiger partial charge < -0.3 is 25.7 Å². The second kappa shape index (κ2) is 53.2. The highest BCUT2D eigenvalue weighted by Crippen LogP contribution is 2.17. The maximum atomic E-state index is 12.6. The fraction of sp³-hybridized carbons (Fsp3) is 0.847. The highest BCUT2D eigenvalue weighted by molar-refractivity contribution is 5.80. The van der Waals surface area contributed by atoms with Crippen LogP contribution in [0.2, 0.25) is 0 Å². The molecule has 4 unspecified atom stereocenters. The number of nitrogens with one attached hydrogen (secondary N) is 1. The molecule has 6 heteroatoms. The van der Waals surface area contributed by atoms with E-state index < -0.39 is 36.9 Å². The van der Waals surface area contributed by atoms with E-state index in [2.05, 4.69) is 67.8 Å². The standard InChI is InChI=1S/C59H111NO5/c1-3-5-7-9-11-13-15-17-18-19-20-21-22-23-24-25-26-27-28-29-30-31-32-33-34-35-36-37-38-39-41-43-45-47-49-51-53-57(63)59(65)60-55(54-61)58(64)56(62)52-50-48-46-44-42-40-16-14-12-10-8-6-4-2/h6,8,14,16,27-28,44,46,55-58,61-64H,3-5,7,9-13,15,17-26,29-43,45,47-54H2,1-2H3,(H,60,65)/b8-6+,16-14+,28-27-,46-44+. The maximum absolute atomic E-state index is 12.6. The average molecular weight is 915 g/mol. The molecule has 0 saturated carbocycles. The number of aliphatic hydroxyl groups excluding tert-OH is 4. The summed E-state index contributed by atoms with van der Waals surface area (Å²) in [6.07, 6.45) is 67.9. The Morgan fingerprint density at radius 1 is 0.385 bits per heavy atom. The van der Waals surface area contributed by atoms with Crippen molar-refractivity contribution in [2.24, 2.45) is 0 Å². The molecule has 0 rings (SSSR count). The lowest BCUT2D eigenvalue weighted by molar-refractivity contribution is -0.132. The highest BCUT2D eigenvalue weighted by Gasteiger charge is 2.28. The van der Waals surface area contributed by atoms with Crippen molar-refractivity contribution >= 4 is 5.91 Å². The Bertz CT molecular complexity index is 1070. The first-order valence-corrected chi connectivity index (χ1v) is 28.5. The number of carbonyl (C=O) groups excluding carboxylic acids is 1. The molecule has 6 nitrogen and oxygen atoms in total. The number of aliphatic hydroxyl groups is 4. The smallest absolute Gasteiger partial charge is 0.249 e. The van der Waals surface area contributed by atoms with Crippen molar-refractivity contribution in [3.8, 4) is 0 Å². The molecule has 0 saturated heterocycles. The van der Waals surface area contributed by atoms with Crippen LogP contribution in [-0.2, 0) is 4.79 Å². The second-order valence-corrected chi connectivity index (χ2v) is 19.6. The Morgan fingerprint density at radius 3 is 1.05 bits per heavy atom. The lowest BCUT2D eigenvalue weighted by Gasteiger charge is -2.27. The van der Waals surface area contributed by atoms with Gasteiger partial charge in [-0.1, -0.05) is 255 Å². The van der Waals surface area contributed by atoms with Crippen molar-refractivity contribution < 1.29 is 25.2 Å². The van der Waals surface area contributed by atoms with Crippen molar-refractivity contribution in [3.05, 3.63) is 48.6 Å². The number of hydrogen-bond acceptors (Lipinski definition) is 5. The molecule has 0 aromatic heterocycles. The van der Waals surface area contributed by atoms with Crippen LogP contribution >= 0.6 is 0 Å². The Labute approximate surface area is 404 Å². The lowest BCUT2D eigenvalue weighted by atomic mass is 10.00. The van der Waals surface area contributed by atoms with Crippen molar-refractivity contribution in [3.63, 3.8) is 0 Å². The molecule has 1 amide bonds. The molecule has 4 atom stereocenters. The molecule has 0 aromatic rings. The molecule has 0 spiro atoms. The van der Waals surface area contributed by atoms with Crippen molar-refractivity contribution in [1.29, 1.82) is 0 Å². The molecule has 0 radical (unpaired) electrons. The Morgan fingerprint density at radius 2 is 0.692 bits per heavy atom. The van der Waals surface area contributed by atoms with E-state index in [1.807, 2.05) is 0 Å². The van der Waals surface area contributed by atoms with Gasteiger partial charge in [-0.15, -0.1) is 0 Å². The van der Waals surface area contributed by atoms with Gasteiger partial charge in [-0.05, 0) is 83.5 Å². The summed E-state index contributed by atoms with van der Waals surface area (Å²) in [5, 5.41) is 43.8. The minimum Gasteiger partial charge on any atom is -0.394 e. The van der Waals surface area contributed by atoms with E-state index in [0.29, 0.717) is 19.3 Å². The molecule has 0 bridgehead atoms. The lowest BCUT2D eigenvalue weighted by Crippen LogP contribution is -2.53. The number of amides is 1. The van der Waals surface area contributed by atoms with Gasteiger partial charge in [0.25, 0.3) is 0 Å². The molecule has 0 aliphatic heterocycles. The fourth-order valence-corrected chi connectivity index (χ4v) is 8.79. The quantitative estimate of drug-likeness (QED) is 0.0308. The molecule has 5 N–H and O–H groups in total. The predicted octanol–water partition coefficient (Wildman–Crippen LogP) is 16.6. The summed E-state index contributed by atoms with van der Waals surface area (Å²) in [5.74, 6) is -0.598. The van der Waals surface area contributed by atoms with Crippen LogP contribution in [0, 0.1) is 0 Å². The number of unbranched alkanes of at least 4 members (excludes halogenated alkanes) is 35. The third kappa shape index (κ3) is 47.1. The summed E-state index contributed by atoms with van der Waals surface area (Å²) in [4.78, 5) is 12.6. The van der Waals surface area contributed by atoms with Crippen LogP contribution in [0.25, 0.3) is 0 Å². The summed E-state index contributed by atoms with van der Waals surface area (Å²) >= 11 is 0. The SMILES string of the molecule is CC/C=C/CC/C=C/CC/C=C/CCCC(O)C(O)C(CO)NC(=O)C(O)CCCCCCCCCCCCCCCCCC/C=C\CCCCCCCCCCCCCCCCCC. The zero-order chi connectivity index (χ0) is 47.4. The second-order valence-electron chi connectivity index (χ2n) is 19.6. The summed E-state index contributed by atoms with van der Waals surface area (Å²) in [6.45, 7) is 3.94. The van der Waals surface area contributed by atoms with Gasteiger partial charge in [0.15, 0.2) is 0 Å². The minimum atomic E-state index is -1.29. The highest BCUT2D eigenvalue weighted by atomic mass is 16.3. The summed E-state index contributed by atoms with van der Waals surface area (Å²) in [5.41, 5.74) is 0. The normalized spacial score (nSPS) is 14.1. The zero-order valence-electron chi connectivity index (χ0n) is 43.2. The zero-order valence-corrected chi connectivity index (χ0v) is 43.2. The monoisotopic (exact) mass is 914 g/mol. The van der Waals surface area contributed by atoms with Crippen LogP contribution in [0.1, 0.15) is 290 Å². The van der Waals surface area contributed by atoms with E-state index >= 15 is 0 Å². The van der Waals surface area contributed by atoms with Crippen LogP contribution < -0.4 is 5.32 Å². The minimum absolute atomic E-state index is 0.359. The molecule has 0 fully saturated rings. The number of rotatable bonds is 52. The van der Waals surface area contributed by atoms with E-state index in [-0.39, 0.29) is 0 Å². The average Bonchev–Trinajstić information content (AvgIpc) is 3.31. The molecule has 0 aromatic carbocycles. The van der Waals surface area contributed by atoms with E-state index in [9.17, 15) is 25.2 Å². The van der Waals surface area contributed by atoms with Crippen molar-refractivity contribution in [2.75, 3.05) is 6.61 Å². The predicted molar refractivity (Wildman–Crippen MR) is 283 cm³/mol. The topological polar surface area (TPSA) is 110 Å². The molecule has 0 heterocycles. The summed E-state index contributed by atoms with van der Waals surface area (Å²) in [6, 6.07) is -1.01. The van der Waals surface area contributed by atoms with Gasteiger partial charge >= 0.3 is 0 Å². The van der Waals surface area contributed by atoms with Gasteiger partial charge in [0.2, 0.25) is 5.91 Å². The number of allylic oxidation sites excluding steroid dienone is 8. The van der Waals surface area contributed by atoms with Crippen LogP contribution in [0.4, 0.5) is 0 Å². The van der Waals surface area contributed by atoms with Crippen LogP contribution in [0.5, 0.6) is 0 Å². The van der Waals surface area contributed by atoms with E-state index in [0.717, 1.165) is 57.8 Å². The third-order valence-electron chi connectivity index (χ3n) is 13.2. The Kier molecular flexibility index (Phi) is 51.8. The van der Waals surface area contributed by atoms with Gasteiger partial charge in [0.05, 0.1) is 18.8 Å². The van der Waals surface area contributed by atoms with Gasteiger partial charge in [0, 0.05) is 0 Å². The van der Waals surface area contributed by atoms with Crippen molar-refractivity contribution in [1.82, 2.24) is 5.32 Å². The van der Waals surface area contributed by atoms with Gasteiger partial charge in [-0.2, -0.15) is 0 Å². The fourth-order valence-electron chi connectivity index (χ4n) is 8.79. The largest absolute Gasteiger partial charge is 0.394 e. The first-order chi connectivity index (χ1) is 32.0. The summed E-state index contributed by atoms with van der Waals surface area (Å²) < 4.78 is 0.